The van der Waals surface area contributed by atoms with Crippen LogP contribution in [0.15, 0.2) is 11.1 Å². The van der Waals surface area contributed by atoms with Crippen molar-refractivity contribution in [2.75, 3.05) is 6.61 Å². The molecule has 4 fully saturated rings. The minimum atomic E-state index is -0.868. The summed E-state index contributed by atoms with van der Waals surface area (Å²) in [6.07, 6.45) is 5.29. The van der Waals surface area contributed by atoms with Gasteiger partial charge in [-0.05, 0) is 69.1 Å². The smallest absolute Gasteiger partial charge is 0.331 e. The lowest BCUT2D eigenvalue weighted by atomic mass is 9.38. The van der Waals surface area contributed by atoms with Gasteiger partial charge in [0.1, 0.15) is 0 Å². The number of carbonyl (C=O) groups is 1. The summed E-state index contributed by atoms with van der Waals surface area (Å²) >= 11 is 0. The van der Waals surface area contributed by atoms with Crippen LogP contribution in [0.4, 0.5) is 0 Å². The Balaban J connectivity index is 2.11. The molecule has 0 heterocycles. The van der Waals surface area contributed by atoms with Crippen molar-refractivity contribution in [1.82, 2.24) is 0 Å². The lowest BCUT2D eigenvalue weighted by molar-refractivity contribution is -0.141. The van der Waals surface area contributed by atoms with Gasteiger partial charge >= 0.3 is 5.97 Å². The molecule has 0 aromatic heterocycles. The minimum Gasteiger partial charge on any atom is -0.478 e. The standard InChI is InChI=1S/C17H23NO3/c1-11(14(20)21)12(2)17-5-13-3-15(7-17,9-18)6-16(4-13,8-17)10-19/h13,19H,3-8,10H2,1-2H3,(H,20,21). The molecule has 0 aromatic carbocycles. The van der Waals surface area contributed by atoms with E-state index >= 15 is 0 Å². The second-order valence-corrected chi connectivity index (χ2v) is 7.89. The number of hydrogen-bond donors (Lipinski definition) is 2. The maximum absolute atomic E-state index is 11.4. The third-order valence-corrected chi connectivity index (χ3v) is 6.44. The van der Waals surface area contributed by atoms with Gasteiger partial charge in [-0.15, -0.1) is 0 Å². The number of hydrogen-bond acceptors (Lipinski definition) is 3. The molecule has 4 heteroatoms. The number of aliphatic carboxylic acids is 1. The average Bonchev–Trinajstić information content (AvgIpc) is 2.44. The summed E-state index contributed by atoms with van der Waals surface area (Å²) in [6, 6.07) is 2.54. The third-order valence-electron chi connectivity index (χ3n) is 6.44. The predicted octanol–water partition coefficient (Wildman–Crippen LogP) is 2.88. The van der Waals surface area contributed by atoms with Gasteiger partial charge in [-0.2, -0.15) is 5.26 Å². The van der Waals surface area contributed by atoms with Crippen LogP contribution in [0.2, 0.25) is 0 Å². The van der Waals surface area contributed by atoms with E-state index in [-0.39, 0.29) is 22.9 Å². The Morgan fingerprint density at radius 2 is 1.95 bits per heavy atom. The van der Waals surface area contributed by atoms with Crippen molar-refractivity contribution in [2.45, 2.75) is 52.4 Å². The Morgan fingerprint density at radius 1 is 1.24 bits per heavy atom. The number of carboxylic acids is 1. The molecule has 4 nitrogen and oxygen atoms in total. The molecule has 0 radical (unpaired) electrons. The molecule has 4 aliphatic carbocycles. The number of nitrogens with zero attached hydrogens (tertiary/aromatic N) is 1. The highest BCUT2D eigenvalue weighted by atomic mass is 16.4. The van der Waals surface area contributed by atoms with E-state index in [1.807, 2.05) is 6.92 Å². The van der Waals surface area contributed by atoms with E-state index in [1.165, 1.54) is 0 Å². The molecule has 0 aliphatic heterocycles. The predicted molar refractivity (Wildman–Crippen MR) is 77.2 cm³/mol. The van der Waals surface area contributed by atoms with Crippen LogP contribution in [-0.2, 0) is 4.79 Å². The maximum Gasteiger partial charge on any atom is 0.331 e. The van der Waals surface area contributed by atoms with E-state index in [0.29, 0.717) is 11.5 Å². The van der Waals surface area contributed by atoms with Gasteiger partial charge in [0.15, 0.2) is 0 Å². The summed E-state index contributed by atoms with van der Waals surface area (Å²) in [6.45, 7) is 3.71. The molecule has 0 aromatic rings. The van der Waals surface area contributed by atoms with E-state index < -0.39 is 5.97 Å². The van der Waals surface area contributed by atoms with Crippen LogP contribution in [0, 0.1) is 33.5 Å². The molecule has 0 saturated heterocycles. The first kappa shape index (κ1) is 14.6. The second kappa shape index (κ2) is 4.33. The molecule has 0 spiro atoms. The van der Waals surface area contributed by atoms with Crippen LogP contribution in [0.25, 0.3) is 0 Å². The van der Waals surface area contributed by atoms with E-state index in [9.17, 15) is 20.3 Å². The lowest BCUT2D eigenvalue weighted by Crippen LogP contribution is -2.58. The van der Waals surface area contributed by atoms with Crippen LogP contribution in [0.5, 0.6) is 0 Å². The summed E-state index contributed by atoms with van der Waals surface area (Å²) in [5.41, 5.74) is 0.618. The fourth-order valence-electron chi connectivity index (χ4n) is 5.92. The molecule has 4 atom stereocenters. The molecule has 2 N–H and O–H groups in total. The van der Waals surface area contributed by atoms with Gasteiger partial charge in [-0.3, -0.25) is 0 Å². The minimum absolute atomic E-state index is 0.119. The van der Waals surface area contributed by atoms with Crippen molar-refractivity contribution in [3.63, 3.8) is 0 Å². The summed E-state index contributed by atoms with van der Waals surface area (Å²) in [5, 5.41) is 29.0. The first-order valence-electron chi connectivity index (χ1n) is 7.73. The van der Waals surface area contributed by atoms with Gasteiger partial charge in [0.25, 0.3) is 0 Å². The zero-order valence-electron chi connectivity index (χ0n) is 12.8. The molecule has 4 bridgehead atoms. The first-order valence-corrected chi connectivity index (χ1v) is 7.73. The van der Waals surface area contributed by atoms with Crippen molar-refractivity contribution in [3.8, 4) is 6.07 Å². The van der Waals surface area contributed by atoms with E-state index in [4.69, 9.17) is 0 Å². The fraction of sp³-hybridized carbons (Fsp3) is 0.765. The number of aliphatic hydroxyl groups excluding tert-OH is 1. The molecule has 4 saturated carbocycles. The topological polar surface area (TPSA) is 81.3 Å². The molecule has 4 aliphatic rings. The highest BCUT2D eigenvalue weighted by molar-refractivity contribution is 5.87. The van der Waals surface area contributed by atoms with Gasteiger partial charge < -0.3 is 10.2 Å². The lowest BCUT2D eigenvalue weighted by Gasteiger charge is -2.65. The summed E-state index contributed by atoms with van der Waals surface area (Å²) < 4.78 is 0. The number of rotatable bonds is 3. The van der Waals surface area contributed by atoms with Crippen molar-refractivity contribution >= 4 is 5.97 Å². The SMILES string of the molecule is CC(C(=O)O)=C(C)C12CC3CC(C#N)(CC(CO)(C3)C1)C2. The molecular formula is C17H23NO3. The molecule has 4 rings (SSSR count). The fourth-order valence-corrected chi connectivity index (χ4v) is 5.92. The Bertz CT molecular complexity index is 575. The van der Waals surface area contributed by atoms with E-state index in [1.54, 1.807) is 6.92 Å². The summed E-state index contributed by atoms with van der Waals surface area (Å²) in [5.74, 6) is -0.420. The van der Waals surface area contributed by atoms with Crippen molar-refractivity contribution < 1.29 is 15.0 Å². The number of aliphatic hydroxyl groups is 1. The van der Waals surface area contributed by atoms with Gasteiger partial charge in [0, 0.05) is 12.2 Å². The van der Waals surface area contributed by atoms with Crippen molar-refractivity contribution in [3.05, 3.63) is 11.1 Å². The zero-order chi connectivity index (χ0) is 15.5. The largest absolute Gasteiger partial charge is 0.478 e. The molecule has 4 unspecified atom stereocenters. The van der Waals surface area contributed by atoms with E-state index in [0.717, 1.165) is 44.1 Å². The monoisotopic (exact) mass is 289 g/mol. The second-order valence-electron chi connectivity index (χ2n) is 7.89. The van der Waals surface area contributed by atoms with Crippen LogP contribution in [0.1, 0.15) is 52.4 Å². The van der Waals surface area contributed by atoms with Gasteiger partial charge in [0.2, 0.25) is 0 Å². The molecule has 0 amide bonds. The summed E-state index contributed by atoms with van der Waals surface area (Å²) in [4.78, 5) is 11.4. The number of allylic oxidation sites excluding steroid dienone is 1. The molecule has 21 heavy (non-hydrogen) atoms. The molecular weight excluding hydrogens is 266 g/mol. The van der Waals surface area contributed by atoms with Gasteiger partial charge in [-0.1, -0.05) is 5.57 Å². The maximum atomic E-state index is 11.4. The third kappa shape index (κ3) is 1.94. The van der Waals surface area contributed by atoms with Crippen molar-refractivity contribution in [1.29, 1.82) is 5.26 Å². The van der Waals surface area contributed by atoms with Crippen LogP contribution >= 0.6 is 0 Å². The van der Waals surface area contributed by atoms with Crippen LogP contribution in [0.3, 0.4) is 0 Å². The van der Waals surface area contributed by atoms with Crippen LogP contribution < -0.4 is 0 Å². The molecule has 114 valence electrons. The zero-order valence-corrected chi connectivity index (χ0v) is 12.8. The van der Waals surface area contributed by atoms with Crippen LogP contribution in [-0.4, -0.2) is 22.8 Å². The number of nitriles is 1. The quantitative estimate of drug-likeness (QED) is 0.783. The van der Waals surface area contributed by atoms with Gasteiger partial charge in [0.05, 0.1) is 11.5 Å². The van der Waals surface area contributed by atoms with E-state index in [2.05, 4.69) is 6.07 Å². The average molecular weight is 289 g/mol. The van der Waals surface area contributed by atoms with Gasteiger partial charge in [-0.25, -0.2) is 4.79 Å². The normalized spacial score (nSPS) is 45.1. The first-order chi connectivity index (χ1) is 9.79. The Labute approximate surface area is 125 Å². The Hall–Kier alpha value is -1.34. The Kier molecular flexibility index (Phi) is 3.01. The summed E-state index contributed by atoms with van der Waals surface area (Å²) in [7, 11) is 0. The highest BCUT2D eigenvalue weighted by Crippen LogP contribution is 2.71. The van der Waals surface area contributed by atoms with Crippen molar-refractivity contribution in [2.24, 2.45) is 22.2 Å². The Morgan fingerprint density at radius 3 is 2.52 bits per heavy atom. The highest BCUT2D eigenvalue weighted by Gasteiger charge is 2.64. The number of carboxylic acid groups (broad SMARTS) is 1.